The molecule has 0 aromatic heterocycles. The van der Waals surface area contributed by atoms with Gasteiger partial charge in [0, 0.05) is 0 Å². The molecule has 100 valence electrons. The molecule has 14 heavy (non-hydrogen) atoms. The number of rotatable bonds is 0. The van der Waals surface area contributed by atoms with Crippen molar-refractivity contribution in [2.75, 3.05) is 0 Å². The summed E-state index contributed by atoms with van der Waals surface area (Å²) >= 11 is -1.17. The normalized spacial score (nSPS) is 1.71. The standard InChI is InChI=1S/4H3N.4H2S.4S.2W/h4*1H3;4*1H2;;;;;;. The summed E-state index contributed by atoms with van der Waals surface area (Å²) in [5.41, 5.74) is 0. The first kappa shape index (κ1) is 84.7. The number of hydrogen-bond acceptors (Lipinski definition) is 8. The van der Waals surface area contributed by atoms with Gasteiger partial charge in [-0.1, -0.05) is 0 Å². The Morgan fingerprint density at radius 2 is 0.429 bits per heavy atom. The molecule has 0 amide bonds. The van der Waals surface area contributed by atoms with E-state index in [2.05, 4.69) is 39.3 Å². The van der Waals surface area contributed by atoms with Gasteiger partial charge in [0.1, 0.15) is 0 Å². The van der Waals surface area contributed by atoms with Crippen LogP contribution in [0.5, 0.6) is 0 Å². The van der Waals surface area contributed by atoms with Crippen molar-refractivity contribution in [2.24, 2.45) is 0 Å². The molecule has 14 heteroatoms. The molecule has 0 radical (unpaired) electrons. The van der Waals surface area contributed by atoms with E-state index < -0.39 is 29.8 Å². The van der Waals surface area contributed by atoms with Gasteiger partial charge in [-0.05, 0) is 0 Å². The van der Waals surface area contributed by atoms with E-state index in [9.17, 15) is 0 Å². The Bertz CT molecular complexity index is 73.3. The zero-order chi connectivity index (χ0) is 5.41. The van der Waals surface area contributed by atoms with Crippen LogP contribution in [-0.2, 0) is 83.8 Å². The first-order chi connectivity index (χ1) is 2.83. The molecule has 0 fully saturated rings. The van der Waals surface area contributed by atoms with Crippen LogP contribution in [0.2, 0.25) is 0 Å². The fourth-order valence-electron chi connectivity index (χ4n) is 0. The maximum atomic E-state index is 4.38. The molecule has 0 saturated carbocycles. The average molecular weight is 700 g/mol. The molecule has 0 aliphatic heterocycles. The zero-order valence-corrected chi connectivity index (χ0v) is 20.9. The Kier molecular flexibility index (Phi) is 794. The topological polar surface area (TPSA) is 146 Å². The van der Waals surface area contributed by atoms with Crippen LogP contribution in [0, 0.1) is 0 Å². The first-order valence-electron chi connectivity index (χ1n) is 0.667. The summed E-state index contributed by atoms with van der Waals surface area (Å²) in [4.78, 5) is 0. The summed E-state index contributed by atoms with van der Waals surface area (Å²) in [6, 6.07) is 0. The summed E-state index contributed by atoms with van der Waals surface area (Å²) in [6.45, 7) is 0. The number of hydrogen-bond donors (Lipinski definition) is 4. The molecule has 0 spiro atoms. The Hall–Kier alpha value is 3.50. The Morgan fingerprint density at radius 3 is 0.429 bits per heavy atom. The van der Waals surface area contributed by atoms with Crippen LogP contribution in [0.1, 0.15) is 0 Å². The van der Waals surface area contributed by atoms with Gasteiger partial charge in [0.2, 0.25) is 0 Å². The molecule has 0 unspecified atom stereocenters. The SMILES string of the molecule is [NH4+].[NH4+].[NH4+].[NH4+].[SH-].[SH-].[SH-].[SH-].[S]=[W]=[S].[S]=[W]=[S]. The molecule has 4 nitrogen and oxygen atoms in total. The second-order valence-corrected chi connectivity index (χ2v) is 10.0. The van der Waals surface area contributed by atoms with Crippen molar-refractivity contribution in [2.45, 2.75) is 0 Å². The Labute approximate surface area is 145 Å². The Balaban J connectivity index is -0.00000000182. The summed E-state index contributed by atoms with van der Waals surface area (Å²) in [5, 5.41) is 0. The molecule has 16 N–H and O–H groups in total. The van der Waals surface area contributed by atoms with E-state index in [0.29, 0.717) is 0 Å². The average Bonchev–Trinajstić information content (AvgIpc) is 1.39. The molecular weight excluding hydrogens is 680 g/mol. The van der Waals surface area contributed by atoms with E-state index in [1.54, 1.807) is 0 Å². The molecule has 0 aromatic carbocycles. The van der Waals surface area contributed by atoms with Crippen molar-refractivity contribution in [1.29, 1.82) is 0 Å². The molecule has 0 heterocycles. The van der Waals surface area contributed by atoms with Crippen LogP contribution >= 0.6 is 39.3 Å². The van der Waals surface area contributed by atoms with E-state index in [1.165, 1.54) is 0 Å². The van der Waals surface area contributed by atoms with Crippen molar-refractivity contribution >= 4 is 93.3 Å². The molecule has 0 rings (SSSR count). The number of thiol groups is 4. The van der Waals surface area contributed by atoms with Gasteiger partial charge in [0.25, 0.3) is 0 Å². The van der Waals surface area contributed by atoms with Gasteiger partial charge in [-0.2, -0.15) is 0 Å². The van der Waals surface area contributed by atoms with Gasteiger partial charge >= 0.3 is 69.1 Å². The van der Waals surface area contributed by atoms with E-state index in [4.69, 9.17) is 0 Å². The molecule has 0 aliphatic rings. The molecule has 0 saturated heterocycles. The summed E-state index contributed by atoms with van der Waals surface area (Å²) in [5.74, 6) is 0. The van der Waals surface area contributed by atoms with Crippen LogP contribution in [0.15, 0.2) is 0 Å². The van der Waals surface area contributed by atoms with Crippen molar-refractivity contribution in [1.82, 2.24) is 24.6 Å². The third-order valence-electron chi connectivity index (χ3n) is 0. The summed E-state index contributed by atoms with van der Waals surface area (Å²) < 4.78 is 0. The van der Waals surface area contributed by atoms with Crippen LogP contribution in [0.4, 0.5) is 0 Å². The van der Waals surface area contributed by atoms with Gasteiger partial charge < -0.3 is 78.6 Å². The van der Waals surface area contributed by atoms with Crippen LogP contribution in [0.3, 0.4) is 0 Å². The minimum absolute atomic E-state index is 0. The fraction of sp³-hybridized carbons (Fsp3) is 0. The quantitative estimate of drug-likeness (QED) is 0.223. The molecule has 0 atom stereocenters. The second kappa shape index (κ2) is 131. The maximum absolute atomic E-state index is 4.38. The first-order valence-corrected chi connectivity index (χ1v) is 16.4. The molecule has 0 bridgehead atoms. The third-order valence-corrected chi connectivity index (χ3v) is 0. The second-order valence-electron chi connectivity index (χ2n) is 0.136. The van der Waals surface area contributed by atoms with Crippen LogP contribution in [-0.4, -0.2) is 0 Å². The van der Waals surface area contributed by atoms with Crippen molar-refractivity contribution in [3.63, 3.8) is 0 Å². The molecule has 0 aromatic rings. The molecule has 0 aliphatic carbocycles. The van der Waals surface area contributed by atoms with Gasteiger partial charge in [0.05, 0.1) is 0 Å². The summed E-state index contributed by atoms with van der Waals surface area (Å²) in [6.07, 6.45) is 0. The van der Waals surface area contributed by atoms with Gasteiger partial charge in [-0.25, -0.2) is 0 Å². The van der Waals surface area contributed by atoms with Crippen LogP contribution < -0.4 is 24.6 Å². The summed E-state index contributed by atoms with van der Waals surface area (Å²) in [7, 11) is 17.5. The van der Waals surface area contributed by atoms with E-state index in [-0.39, 0.29) is 78.6 Å². The van der Waals surface area contributed by atoms with E-state index in [0.717, 1.165) is 0 Å². The number of quaternary nitrogens is 4. The van der Waals surface area contributed by atoms with Gasteiger partial charge in [0.15, 0.2) is 0 Å². The van der Waals surface area contributed by atoms with Crippen molar-refractivity contribution in [3.05, 3.63) is 0 Å². The van der Waals surface area contributed by atoms with Gasteiger partial charge in [-0.15, -0.1) is 0 Å². The van der Waals surface area contributed by atoms with Gasteiger partial charge in [-0.3, -0.25) is 0 Å². The van der Waals surface area contributed by atoms with Crippen molar-refractivity contribution < 1.29 is 29.8 Å². The predicted octanol–water partition coefficient (Wildman–Crippen LogP) is 3.01. The van der Waals surface area contributed by atoms with E-state index >= 15 is 0 Å². The monoisotopic (exact) mass is 700 g/mol. The Morgan fingerprint density at radius 1 is 0.429 bits per heavy atom. The van der Waals surface area contributed by atoms with E-state index in [1.807, 2.05) is 0 Å². The minimum atomic E-state index is -0.583. The zero-order valence-electron chi connectivity index (χ0n) is 8.24. The fourth-order valence-corrected chi connectivity index (χ4v) is 0. The molecular formula is H20N4S8W2. The third kappa shape index (κ3) is 266. The van der Waals surface area contributed by atoms with Crippen LogP contribution in [0.25, 0.3) is 0 Å². The van der Waals surface area contributed by atoms with Crippen molar-refractivity contribution in [3.8, 4) is 0 Å². The predicted molar refractivity (Wildman–Crippen MR) is 89.3 cm³/mol.